The van der Waals surface area contributed by atoms with Crippen LogP contribution in [0.1, 0.15) is 16.0 Å². The lowest BCUT2D eigenvalue weighted by molar-refractivity contribution is -0.384. The number of nitro groups is 1. The lowest BCUT2D eigenvalue weighted by Gasteiger charge is -2.00. The van der Waals surface area contributed by atoms with Crippen LogP contribution in [0.15, 0.2) is 40.3 Å². The van der Waals surface area contributed by atoms with Crippen molar-refractivity contribution in [3.8, 4) is 0 Å². The molecule has 116 valence electrons. The van der Waals surface area contributed by atoms with E-state index in [0.29, 0.717) is 5.56 Å². The first-order valence-corrected chi connectivity index (χ1v) is 7.72. The number of benzene rings is 1. The Morgan fingerprint density at radius 2 is 2.17 bits per heavy atom. The van der Waals surface area contributed by atoms with Gasteiger partial charge < -0.3 is 4.74 Å². The monoisotopic (exact) mass is 348 g/mol. The Kier molecular flexibility index (Phi) is 3.97. The zero-order valence-corrected chi connectivity index (χ0v) is 13.4. The van der Waals surface area contributed by atoms with Crippen molar-refractivity contribution in [3.63, 3.8) is 0 Å². The number of halogens is 1. The first-order valence-electron chi connectivity index (χ1n) is 6.46. The summed E-state index contributed by atoms with van der Waals surface area (Å²) in [4.78, 5) is 27.3. The largest absolute Gasteiger partial charge is 0.402 e. The summed E-state index contributed by atoms with van der Waals surface area (Å²) < 4.78 is 5.10. The fourth-order valence-corrected chi connectivity index (χ4v) is 3.01. The van der Waals surface area contributed by atoms with Gasteiger partial charge in [-0.25, -0.2) is 9.79 Å². The standard InChI is InChI=1S/C15H9ClN2O4S/c1-8-4-5-23-13(8)7-11-15(19)22-14(17-11)9-2-3-10(16)12(6-9)18(20)21/h2-7H,1H3/b11-7-. The number of cyclic esters (lactones) is 1. The quantitative estimate of drug-likeness (QED) is 0.364. The van der Waals surface area contributed by atoms with Crippen LogP contribution in [0.3, 0.4) is 0 Å². The van der Waals surface area contributed by atoms with Crippen LogP contribution in [0.2, 0.25) is 5.02 Å². The van der Waals surface area contributed by atoms with E-state index >= 15 is 0 Å². The Labute approximate surface area is 139 Å². The van der Waals surface area contributed by atoms with Gasteiger partial charge in [-0.05, 0) is 42.1 Å². The predicted molar refractivity (Wildman–Crippen MR) is 87.8 cm³/mol. The summed E-state index contributed by atoms with van der Waals surface area (Å²) in [6, 6.07) is 6.05. The third-order valence-electron chi connectivity index (χ3n) is 3.18. The van der Waals surface area contributed by atoms with Gasteiger partial charge in [0.1, 0.15) is 5.02 Å². The van der Waals surface area contributed by atoms with Crippen LogP contribution >= 0.6 is 22.9 Å². The molecule has 0 unspecified atom stereocenters. The van der Waals surface area contributed by atoms with E-state index in [1.807, 2.05) is 18.4 Å². The molecular formula is C15H9ClN2O4S. The lowest BCUT2D eigenvalue weighted by atomic mass is 10.2. The molecule has 0 amide bonds. The summed E-state index contributed by atoms with van der Waals surface area (Å²) >= 11 is 7.25. The van der Waals surface area contributed by atoms with Crippen LogP contribution in [-0.4, -0.2) is 16.8 Å². The van der Waals surface area contributed by atoms with Gasteiger partial charge in [0.2, 0.25) is 5.90 Å². The van der Waals surface area contributed by atoms with Gasteiger partial charge in [0.05, 0.1) is 4.92 Å². The van der Waals surface area contributed by atoms with Gasteiger partial charge in [-0.3, -0.25) is 10.1 Å². The molecule has 0 spiro atoms. The van der Waals surface area contributed by atoms with Crippen LogP contribution in [0, 0.1) is 17.0 Å². The molecule has 1 aromatic carbocycles. The molecule has 0 fully saturated rings. The highest BCUT2D eigenvalue weighted by Gasteiger charge is 2.26. The molecule has 3 rings (SSSR count). The van der Waals surface area contributed by atoms with E-state index < -0.39 is 10.9 Å². The van der Waals surface area contributed by atoms with E-state index in [1.54, 1.807) is 6.08 Å². The van der Waals surface area contributed by atoms with Crippen molar-refractivity contribution in [1.82, 2.24) is 0 Å². The average molecular weight is 349 g/mol. The fraction of sp³-hybridized carbons (Fsp3) is 0.0667. The van der Waals surface area contributed by atoms with Crippen molar-refractivity contribution in [2.24, 2.45) is 4.99 Å². The zero-order chi connectivity index (χ0) is 16.6. The minimum Gasteiger partial charge on any atom is -0.402 e. The Hall–Kier alpha value is -2.51. The van der Waals surface area contributed by atoms with E-state index in [1.165, 1.54) is 29.5 Å². The minimum atomic E-state index is -0.602. The topological polar surface area (TPSA) is 81.8 Å². The third-order valence-corrected chi connectivity index (χ3v) is 4.47. The number of hydrogen-bond acceptors (Lipinski definition) is 6. The van der Waals surface area contributed by atoms with Gasteiger partial charge in [-0.15, -0.1) is 11.3 Å². The first kappa shape index (κ1) is 15.4. The molecule has 2 heterocycles. The molecule has 0 aliphatic carbocycles. The van der Waals surface area contributed by atoms with E-state index in [-0.39, 0.29) is 22.3 Å². The number of nitro benzene ring substituents is 1. The molecular weight excluding hydrogens is 340 g/mol. The summed E-state index contributed by atoms with van der Waals surface area (Å²) in [6.45, 7) is 1.93. The van der Waals surface area contributed by atoms with Crippen LogP contribution in [0.5, 0.6) is 0 Å². The molecule has 0 bridgehead atoms. The number of hydrogen-bond donors (Lipinski definition) is 0. The van der Waals surface area contributed by atoms with E-state index in [0.717, 1.165) is 10.4 Å². The number of aryl methyl sites for hydroxylation is 1. The first-order chi connectivity index (χ1) is 11.0. The molecule has 6 nitrogen and oxygen atoms in total. The maximum Gasteiger partial charge on any atom is 0.363 e. The van der Waals surface area contributed by atoms with Crippen molar-refractivity contribution in [1.29, 1.82) is 0 Å². The Morgan fingerprint density at radius 3 is 2.83 bits per heavy atom. The number of rotatable bonds is 3. The summed E-state index contributed by atoms with van der Waals surface area (Å²) in [5.74, 6) is -0.569. The molecule has 0 saturated carbocycles. The highest BCUT2D eigenvalue weighted by atomic mass is 35.5. The summed E-state index contributed by atoms with van der Waals surface area (Å²) in [5, 5.41) is 12.8. The third kappa shape index (κ3) is 3.01. The molecule has 0 atom stereocenters. The van der Waals surface area contributed by atoms with Crippen molar-refractivity contribution in [2.75, 3.05) is 0 Å². The van der Waals surface area contributed by atoms with Crippen molar-refractivity contribution < 1.29 is 14.5 Å². The zero-order valence-electron chi connectivity index (χ0n) is 11.8. The summed E-state index contributed by atoms with van der Waals surface area (Å²) in [7, 11) is 0. The molecule has 0 N–H and O–H groups in total. The highest BCUT2D eigenvalue weighted by molar-refractivity contribution is 7.11. The van der Waals surface area contributed by atoms with Gasteiger partial charge in [0.15, 0.2) is 5.70 Å². The van der Waals surface area contributed by atoms with Crippen LogP contribution in [-0.2, 0) is 9.53 Å². The Bertz CT molecular complexity index is 885. The molecule has 1 aliphatic rings. The number of ether oxygens (including phenoxy) is 1. The minimum absolute atomic E-state index is 0.00801. The summed E-state index contributed by atoms with van der Waals surface area (Å²) in [5.41, 5.74) is 1.24. The normalized spacial score (nSPS) is 15.7. The number of aliphatic imine (C=N–C) groups is 1. The second kappa shape index (κ2) is 5.94. The fourth-order valence-electron chi connectivity index (χ4n) is 1.97. The van der Waals surface area contributed by atoms with Gasteiger partial charge in [-0.2, -0.15) is 0 Å². The molecule has 0 radical (unpaired) electrons. The molecule has 23 heavy (non-hydrogen) atoms. The Morgan fingerprint density at radius 1 is 1.39 bits per heavy atom. The molecule has 2 aromatic rings. The second-order valence-electron chi connectivity index (χ2n) is 4.73. The molecule has 1 aliphatic heterocycles. The van der Waals surface area contributed by atoms with Gasteiger partial charge >= 0.3 is 5.97 Å². The number of esters is 1. The van der Waals surface area contributed by atoms with Crippen LogP contribution in [0.25, 0.3) is 6.08 Å². The lowest BCUT2D eigenvalue weighted by Crippen LogP contribution is -2.06. The molecule has 1 aromatic heterocycles. The predicted octanol–water partition coefficient (Wildman–Crippen LogP) is 3.96. The van der Waals surface area contributed by atoms with Crippen LogP contribution in [0.4, 0.5) is 5.69 Å². The smallest absolute Gasteiger partial charge is 0.363 e. The maximum absolute atomic E-state index is 11.9. The van der Waals surface area contributed by atoms with Crippen molar-refractivity contribution in [3.05, 3.63) is 66.5 Å². The number of carbonyl (C=O) groups excluding carboxylic acids is 1. The summed E-state index contributed by atoms with van der Waals surface area (Å²) in [6.07, 6.45) is 1.64. The molecule has 0 saturated heterocycles. The second-order valence-corrected chi connectivity index (χ2v) is 6.08. The average Bonchev–Trinajstić information content (AvgIpc) is 3.07. The number of carbonyl (C=O) groups is 1. The number of thiophene rings is 1. The number of nitrogens with zero attached hydrogens (tertiary/aromatic N) is 2. The van der Waals surface area contributed by atoms with E-state index in [9.17, 15) is 14.9 Å². The van der Waals surface area contributed by atoms with Crippen LogP contribution < -0.4 is 0 Å². The van der Waals surface area contributed by atoms with Gasteiger partial charge in [0.25, 0.3) is 5.69 Å². The van der Waals surface area contributed by atoms with E-state index in [2.05, 4.69) is 4.99 Å². The van der Waals surface area contributed by atoms with Crippen molar-refractivity contribution >= 4 is 46.6 Å². The highest BCUT2D eigenvalue weighted by Crippen LogP contribution is 2.28. The van der Waals surface area contributed by atoms with E-state index in [4.69, 9.17) is 16.3 Å². The van der Waals surface area contributed by atoms with Gasteiger partial charge in [0, 0.05) is 16.5 Å². The SMILES string of the molecule is Cc1ccsc1/C=C1\N=C(c2ccc(Cl)c([N+](=O)[O-])c2)OC1=O. The van der Waals surface area contributed by atoms with Gasteiger partial charge in [-0.1, -0.05) is 11.6 Å². The maximum atomic E-state index is 11.9. The molecule has 8 heteroatoms. The Balaban J connectivity index is 1.99. The van der Waals surface area contributed by atoms with Crippen molar-refractivity contribution in [2.45, 2.75) is 6.92 Å².